The molecule has 4 nitrogen and oxygen atoms in total. The van der Waals surface area contributed by atoms with E-state index in [1.165, 1.54) is 6.92 Å². The summed E-state index contributed by atoms with van der Waals surface area (Å²) in [5.41, 5.74) is 0.0963. The van der Waals surface area contributed by atoms with E-state index in [0.717, 1.165) is 0 Å². The number of rotatable bonds is 3. The van der Waals surface area contributed by atoms with E-state index in [9.17, 15) is 14.4 Å². The third kappa shape index (κ3) is 2.75. The molecule has 1 aliphatic carbocycles. The third-order valence-electron chi connectivity index (χ3n) is 2.23. The van der Waals surface area contributed by atoms with Crippen LogP contribution in [-0.4, -0.2) is 17.5 Å². The number of allylic oxidation sites excluding steroid dienone is 2. The quantitative estimate of drug-likeness (QED) is 0.523. The lowest BCUT2D eigenvalue weighted by Gasteiger charge is -2.16. The number of Topliss-reactive ketones (excluding diaryl/α,β-unsaturated/α-hetero) is 2. The summed E-state index contributed by atoms with van der Waals surface area (Å²) in [6.07, 6.45) is 1.76. The van der Waals surface area contributed by atoms with Gasteiger partial charge in [-0.1, -0.05) is 6.92 Å². The van der Waals surface area contributed by atoms with E-state index in [-0.39, 0.29) is 29.3 Å². The molecule has 1 aliphatic rings. The van der Waals surface area contributed by atoms with Gasteiger partial charge in [0.25, 0.3) is 0 Å². The van der Waals surface area contributed by atoms with Gasteiger partial charge in [0, 0.05) is 26.2 Å². The van der Waals surface area contributed by atoms with Crippen LogP contribution in [0.3, 0.4) is 0 Å². The fourth-order valence-electron chi connectivity index (χ4n) is 1.58. The van der Waals surface area contributed by atoms with Crippen molar-refractivity contribution in [3.8, 4) is 0 Å². The number of carbonyl (C=O) groups excluding carboxylic acids is 3. The van der Waals surface area contributed by atoms with Crippen molar-refractivity contribution >= 4 is 17.5 Å². The maximum absolute atomic E-state index is 11.5. The summed E-state index contributed by atoms with van der Waals surface area (Å²) >= 11 is 0. The van der Waals surface area contributed by atoms with Crippen LogP contribution in [0.5, 0.6) is 0 Å². The van der Waals surface area contributed by atoms with Gasteiger partial charge in [-0.2, -0.15) is 0 Å². The standard InChI is InChI=1S/C11H14O4/c1-3-8(13)11-9(14)5-4-6-10(11)15-7(2)12/h3-6H2,1-2H3. The largest absolute Gasteiger partial charge is 0.430 e. The van der Waals surface area contributed by atoms with Crippen LogP contribution < -0.4 is 0 Å². The van der Waals surface area contributed by atoms with E-state index in [2.05, 4.69) is 0 Å². The summed E-state index contributed by atoms with van der Waals surface area (Å²) < 4.78 is 4.90. The number of hydrogen-bond donors (Lipinski definition) is 0. The second kappa shape index (κ2) is 4.87. The Kier molecular flexibility index (Phi) is 3.77. The molecular formula is C11H14O4. The van der Waals surface area contributed by atoms with Crippen LogP contribution in [0.4, 0.5) is 0 Å². The molecule has 0 unspecified atom stereocenters. The zero-order valence-corrected chi connectivity index (χ0v) is 8.96. The Labute approximate surface area is 88.3 Å². The smallest absolute Gasteiger partial charge is 0.307 e. The van der Waals surface area contributed by atoms with Crippen LogP contribution in [0.15, 0.2) is 11.3 Å². The number of hydrogen-bond acceptors (Lipinski definition) is 4. The molecule has 15 heavy (non-hydrogen) atoms. The first-order chi connectivity index (χ1) is 7.06. The molecule has 0 radical (unpaired) electrons. The Morgan fingerprint density at radius 1 is 1.33 bits per heavy atom. The second-order valence-electron chi connectivity index (χ2n) is 3.45. The molecular weight excluding hydrogens is 196 g/mol. The Hall–Kier alpha value is -1.45. The van der Waals surface area contributed by atoms with Crippen LogP contribution in [0.2, 0.25) is 0 Å². The highest BCUT2D eigenvalue weighted by atomic mass is 16.5. The minimum Gasteiger partial charge on any atom is -0.430 e. The first-order valence-corrected chi connectivity index (χ1v) is 5.04. The zero-order chi connectivity index (χ0) is 11.4. The summed E-state index contributed by atoms with van der Waals surface area (Å²) in [5.74, 6) is -0.674. The molecule has 0 bridgehead atoms. The molecule has 0 atom stereocenters. The average molecular weight is 210 g/mol. The van der Waals surface area contributed by atoms with Crippen LogP contribution in [0, 0.1) is 0 Å². The second-order valence-corrected chi connectivity index (χ2v) is 3.45. The topological polar surface area (TPSA) is 60.4 Å². The van der Waals surface area contributed by atoms with E-state index in [0.29, 0.717) is 19.3 Å². The molecule has 0 heterocycles. The van der Waals surface area contributed by atoms with Crippen molar-refractivity contribution in [2.24, 2.45) is 0 Å². The minimum absolute atomic E-state index is 0.0963. The predicted octanol–water partition coefficient (Wildman–Crippen LogP) is 1.54. The minimum atomic E-state index is -0.485. The normalized spacial score (nSPS) is 16.5. The summed E-state index contributed by atoms with van der Waals surface area (Å²) in [4.78, 5) is 33.8. The molecule has 0 amide bonds. The fraction of sp³-hybridized carbons (Fsp3) is 0.545. The van der Waals surface area contributed by atoms with E-state index in [1.54, 1.807) is 6.92 Å². The Morgan fingerprint density at radius 2 is 2.00 bits per heavy atom. The molecule has 0 saturated carbocycles. The lowest BCUT2D eigenvalue weighted by Crippen LogP contribution is -2.20. The molecule has 0 aromatic rings. The van der Waals surface area contributed by atoms with E-state index >= 15 is 0 Å². The predicted molar refractivity (Wildman–Crippen MR) is 52.9 cm³/mol. The highest BCUT2D eigenvalue weighted by Crippen LogP contribution is 2.24. The molecule has 4 heteroatoms. The van der Waals surface area contributed by atoms with Crippen molar-refractivity contribution in [3.63, 3.8) is 0 Å². The number of esters is 1. The summed E-state index contributed by atoms with van der Waals surface area (Å²) in [7, 11) is 0. The Morgan fingerprint density at radius 3 is 2.53 bits per heavy atom. The van der Waals surface area contributed by atoms with Gasteiger partial charge in [-0.15, -0.1) is 0 Å². The van der Waals surface area contributed by atoms with Gasteiger partial charge in [-0.3, -0.25) is 14.4 Å². The van der Waals surface area contributed by atoms with E-state index < -0.39 is 5.97 Å². The van der Waals surface area contributed by atoms with E-state index in [4.69, 9.17) is 4.74 Å². The van der Waals surface area contributed by atoms with Gasteiger partial charge in [-0.25, -0.2) is 0 Å². The number of carbonyl (C=O) groups is 3. The van der Waals surface area contributed by atoms with E-state index in [1.807, 2.05) is 0 Å². The maximum atomic E-state index is 11.5. The lowest BCUT2D eigenvalue weighted by atomic mass is 9.92. The number of ketones is 2. The SMILES string of the molecule is CCC(=O)C1=C(OC(C)=O)CCCC1=O. The van der Waals surface area contributed by atoms with Crippen LogP contribution in [0.1, 0.15) is 39.5 Å². The van der Waals surface area contributed by atoms with Gasteiger partial charge in [0.2, 0.25) is 0 Å². The van der Waals surface area contributed by atoms with Crippen molar-refractivity contribution in [1.29, 1.82) is 0 Å². The average Bonchev–Trinajstić information content (AvgIpc) is 2.16. The van der Waals surface area contributed by atoms with Crippen molar-refractivity contribution in [3.05, 3.63) is 11.3 Å². The van der Waals surface area contributed by atoms with Crippen LogP contribution in [0.25, 0.3) is 0 Å². The van der Waals surface area contributed by atoms with Crippen LogP contribution in [-0.2, 0) is 19.1 Å². The van der Waals surface area contributed by atoms with Gasteiger partial charge in [0.1, 0.15) is 5.76 Å². The molecule has 0 aliphatic heterocycles. The molecule has 0 N–H and O–H groups in total. The molecule has 0 fully saturated rings. The van der Waals surface area contributed by atoms with Crippen molar-refractivity contribution in [2.45, 2.75) is 39.5 Å². The van der Waals surface area contributed by atoms with Gasteiger partial charge in [0.05, 0.1) is 5.57 Å². The molecule has 0 aromatic heterocycles. The van der Waals surface area contributed by atoms with Crippen molar-refractivity contribution in [2.75, 3.05) is 0 Å². The highest BCUT2D eigenvalue weighted by Gasteiger charge is 2.27. The third-order valence-corrected chi connectivity index (χ3v) is 2.23. The Bertz CT molecular complexity index is 338. The molecule has 82 valence electrons. The first-order valence-electron chi connectivity index (χ1n) is 5.04. The number of ether oxygens (including phenoxy) is 1. The summed E-state index contributed by atoms with van der Waals surface area (Å²) in [6.45, 7) is 2.95. The first kappa shape index (κ1) is 11.6. The summed E-state index contributed by atoms with van der Waals surface area (Å²) in [6, 6.07) is 0. The van der Waals surface area contributed by atoms with Gasteiger partial charge in [-0.05, 0) is 6.42 Å². The Balaban J connectivity index is 3.04. The lowest BCUT2D eigenvalue weighted by molar-refractivity contribution is -0.137. The van der Waals surface area contributed by atoms with Gasteiger partial charge in [0.15, 0.2) is 11.6 Å². The monoisotopic (exact) mass is 210 g/mol. The zero-order valence-electron chi connectivity index (χ0n) is 8.96. The fourth-order valence-corrected chi connectivity index (χ4v) is 1.58. The molecule has 0 saturated heterocycles. The van der Waals surface area contributed by atoms with Gasteiger partial charge < -0.3 is 4.74 Å². The van der Waals surface area contributed by atoms with Crippen molar-refractivity contribution < 1.29 is 19.1 Å². The van der Waals surface area contributed by atoms with Crippen molar-refractivity contribution in [1.82, 2.24) is 0 Å². The van der Waals surface area contributed by atoms with Crippen LogP contribution >= 0.6 is 0 Å². The summed E-state index contributed by atoms with van der Waals surface area (Å²) in [5, 5.41) is 0. The maximum Gasteiger partial charge on any atom is 0.307 e. The van der Waals surface area contributed by atoms with Gasteiger partial charge >= 0.3 is 5.97 Å². The highest BCUT2D eigenvalue weighted by molar-refractivity contribution is 6.21. The molecule has 1 rings (SSSR count). The molecule has 0 aromatic carbocycles. The molecule has 0 spiro atoms.